The van der Waals surface area contributed by atoms with Gasteiger partial charge in [-0.25, -0.2) is 8.42 Å². The van der Waals surface area contributed by atoms with E-state index in [1.54, 1.807) is 0 Å². The van der Waals surface area contributed by atoms with Crippen LogP contribution < -0.4 is 5.32 Å². The summed E-state index contributed by atoms with van der Waals surface area (Å²) in [7, 11) is -3.71. The van der Waals surface area contributed by atoms with Crippen LogP contribution in [0.5, 0.6) is 0 Å². The zero-order valence-electron chi connectivity index (χ0n) is 15.6. The molecule has 0 aromatic heterocycles. The van der Waals surface area contributed by atoms with Gasteiger partial charge in [0.2, 0.25) is 10.0 Å². The number of carbonyl (C=O) groups excluding carboxylic acids is 1. The number of sulfonamides is 1. The summed E-state index contributed by atoms with van der Waals surface area (Å²) < 4.78 is 32.3. The minimum Gasteiger partial charge on any atom is -0.379 e. The average Bonchev–Trinajstić information content (AvgIpc) is 2.73. The van der Waals surface area contributed by atoms with Crippen molar-refractivity contribution in [3.8, 4) is 0 Å². The van der Waals surface area contributed by atoms with Crippen molar-refractivity contribution >= 4 is 27.5 Å². The quantitative estimate of drug-likeness (QED) is 0.775. The van der Waals surface area contributed by atoms with Crippen LogP contribution in [0.1, 0.15) is 35.3 Å². The van der Waals surface area contributed by atoms with E-state index in [1.807, 2.05) is 37.3 Å². The van der Waals surface area contributed by atoms with E-state index < -0.39 is 15.9 Å². The molecule has 150 valence electrons. The standard InChI is InChI=1S/C20H23ClN2O4S/c1-2-19(15-6-4-3-5-7-15)22-20(24)17-14-16(8-9-18(17)21)28(25,26)23-10-12-27-13-11-23/h3-9,14,19H,2,10-13H2,1H3,(H,22,24)/t19-/m0/s1. The van der Waals surface area contributed by atoms with E-state index in [-0.39, 0.29) is 21.5 Å². The van der Waals surface area contributed by atoms with Crippen molar-refractivity contribution in [2.45, 2.75) is 24.3 Å². The van der Waals surface area contributed by atoms with E-state index in [2.05, 4.69) is 5.32 Å². The second-order valence-corrected chi connectivity index (χ2v) is 8.85. The minimum atomic E-state index is -3.71. The Morgan fingerprint density at radius 1 is 1.18 bits per heavy atom. The lowest BCUT2D eigenvalue weighted by Crippen LogP contribution is -2.40. The average molecular weight is 423 g/mol. The van der Waals surface area contributed by atoms with Crippen LogP contribution in [0.3, 0.4) is 0 Å². The second kappa shape index (κ2) is 9.05. The summed E-state index contributed by atoms with van der Waals surface area (Å²) in [5.41, 5.74) is 1.12. The molecule has 2 aromatic rings. The molecule has 28 heavy (non-hydrogen) atoms. The maximum absolute atomic E-state index is 12.9. The second-order valence-electron chi connectivity index (χ2n) is 6.50. The number of nitrogens with zero attached hydrogens (tertiary/aromatic N) is 1. The molecule has 0 bridgehead atoms. The third-order valence-electron chi connectivity index (χ3n) is 4.71. The van der Waals surface area contributed by atoms with Gasteiger partial charge in [0.15, 0.2) is 0 Å². The van der Waals surface area contributed by atoms with E-state index >= 15 is 0 Å². The molecule has 1 atom stereocenters. The van der Waals surface area contributed by atoms with Crippen LogP contribution in [0.4, 0.5) is 0 Å². The topological polar surface area (TPSA) is 75.7 Å². The molecule has 0 aliphatic carbocycles. The lowest BCUT2D eigenvalue weighted by Gasteiger charge is -2.26. The molecule has 0 saturated carbocycles. The fraction of sp³-hybridized carbons (Fsp3) is 0.350. The number of benzene rings is 2. The molecule has 1 saturated heterocycles. The number of ether oxygens (including phenoxy) is 1. The molecule has 1 aliphatic heterocycles. The number of halogens is 1. The van der Waals surface area contributed by atoms with Crippen molar-refractivity contribution < 1.29 is 17.9 Å². The van der Waals surface area contributed by atoms with Gasteiger partial charge in [-0.2, -0.15) is 4.31 Å². The van der Waals surface area contributed by atoms with E-state index in [1.165, 1.54) is 22.5 Å². The van der Waals surface area contributed by atoms with Gasteiger partial charge in [-0.05, 0) is 30.2 Å². The Kier molecular flexibility index (Phi) is 6.72. The first-order valence-corrected chi connectivity index (χ1v) is 11.0. The molecule has 8 heteroatoms. The van der Waals surface area contributed by atoms with Crippen LogP contribution in [0.25, 0.3) is 0 Å². The molecule has 1 heterocycles. The van der Waals surface area contributed by atoms with Crippen LogP contribution in [0.2, 0.25) is 5.02 Å². The van der Waals surface area contributed by atoms with Gasteiger partial charge in [-0.1, -0.05) is 48.9 Å². The Labute approximate surface area is 170 Å². The summed E-state index contributed by atoms with van der Waals surface area (Å²) in [5, 5.41) is 3.16. The molecule has 1 fully saturated rings. The van der Waals surface area contributed by atoms with Crippen LogP contribution in [-0.4, -0.2) is 44.9 Å². The highest BCUT2D eigenvalue weighted by Crippen LogP contribution is 2.25. The van der Waals surface area contributed by atoms with Crippen LogP contribution in [0, 0.1) is 0 Å². The van der Waals surface area contributed by atoms with Crippen molar-refractivity contribution in [2.75, 3.05) is 26.3 Å². The van der Waals surface area contributed by atoms with Crippen molar-refractivity contribution in [3.63, 3.8) is 0 Å². The molecule has 2 aromatic carbocycles. The van der Waals surface area contributed by atoms with Gasteiger partial charge in [-0.15, -0.1) is 0 Å². The lowest BCUT2D eigenvalue weighted by molar-refractivity contribution is 0.0730. The first-order chi connectivity index (χ1) is 13.4. The van der Waals surface area contributed by atoms with Gasteiger partial charge in [0, 0.05) is 13.1 Å². The summed E-state index contributed by atoms with van der Waals surface area (Å²) in [6.07, 6.45) is 0.694. The van der Waals surface area contributed by atoms with Crippen molar-refractivity contribution in [3.05, 3.63) is 64.7 Å². The molecule has 0 unspecified atom stereocenters. The monoisotopic (exact) mass is 422 g/mol. The Morgan fingerprint density at radius 3 is 2.50 bits per heavy atom. The Morgan fingerprint density at radius 2 is 1.86 bits per heavy atom. The summed E-state index contributed by atoms with van der Waals surface area (Å²) in [5.74, 6) is -0.403. The number of morpholine rings is 1. The van der Waals surface area contributed by atoms with Gasteiger partial charge < -0.3 is 10.1 Å². The van der Waals surface area contributed by atoms with E-state index in [0.717, 1.165) is 5.56 Å². The predicted molar refractivity (Wildman–Crippen MR) is 108 cm³/mol. The fourth-order valence-corrected chi connectivity index (χ4v) is 4.76. The highest BCUT2D eigenvalue weighted by Gasteiger charge is 2.28. The van der Waals surface area contributed by atoms with Gasteiger partial charge in [0.1, 0.15) is 0 Å². The number of amides is 1. The number of hydrogen-bond donors (Lipinski definition) is 1. The molecule has 1 N–H and O–H groups in total. The SMILES string of the molecule is CC[C@H](NC(=O)c1cc(S(=O)(=O)N2CCOCC2)ccc1Cl)c1ccccc1. The molecule has 1 aliphatic rings. The Balaban J connectivity index is 1.85. The maximum Gasteiger partial charge on any atom is 0.253 e. The van der Waals surface area contributed by atoms with Gasteiger partial charge in [-0.3, -0.25) is 4.79 Å². The fourth-order valence-electron chi connectivity index (χ4n) is 3.12. The van der Waals surface area contributed by atoms with Crippen molar-refractivity contribution in [1.29, 1.82) is 0 Å². The number of hydrogen-bond acceptors (Lipinski definition) is 4. The highest BCUT2D eigenvalue weighted by molar-refractivity contribution is 7.89. The molecule has 0 spiro atoms. The Hall–Kier alpha value is -1.93. The van der Waals surface area contributed by atoms with Crippen LogP contribution in [-0.2, 0) is 14.8 Å². The third-order valence-corrected chi connectivity index (χ3v) is 6.93. The van der Waals surface area contributed by atoms with E-state index in [9.17, 15) is 13.2 Å². The van der Waals surface area contributed by atoms with Crippen molar-refractivity contribution in [2.24, 2.45) is 0 Å². The summed E-state index contributed by atoms with van der Waals surface area (Å²) in [4.78, 5) is 12.9. The van der Waals surface area contributed by atoms with Crippen LogP contribution in [0.15, 0.2) is 53.4 Å². The largest absolute Gasteiger partial charge is 0.379 e. The minimum absolute atomic E-state index is 0.0525. The van der Waals surface area contributed by atoms with Gasteiger partial charge >= 0.3 is 0 Å². The molecule has 3 rings (SSSR count). The maximum atomic E-state index is 12.9. The Bertz CT molecular complexity index is 928. The van der Waals surface area contributed by atoms with E-state index in [4.69, 9.17) is 16.3 Å². The molecule has 1 amide bonds. The molecule has 0 radical (unpaired) electrons. The van der Waals surface area contributed by atoms with Crippen molar-refractivity contribution in [1.82, 2.24) is 9.62 Å². The van der Waals surface area contributed by atoms with E-state index in [0.29, 0.717) is 32.7 Å². The summed E-state index contributed by atoms with van der Waals surface area (Å²) >= 11 is 6.21. The zero-order chi connectivity index (χ0) is 20.1. The molecular weight excluding hydrogens is 400 g/mol. The van der Waals surface area contributed by atoms with Crippen LogP contribution >= 0.6 is 11.6 Å². The van der Waals surface area contributed by atoms with Gasteiger partial charge in [0.25, 0.3) is 5.91 Å². The highest BCUT2D eigenvalue weighted by atomic mass is 35.5. The van der Waals surface area contributed by atoms with Gasteiger partial charge in [0.05, 0.1) is 34.7 Å². The first kappa shape index (κ1) is 20.8. The number of carbonyl (C=O) groups is 1. The smallest absolute Gasteiger partial charge is 0.253 e. The molecular formula is C20H23ClN2O4S. The predicted octanol–water partition coefficient (Wildman–Crippen LogP) is 3.24. The third kappa shape index (κ3) is 4.55. The summed E-state index contributed by atoms with van der Waals surface area (Å²) in [6, 6.07) is 13.6. The molecule has 6 nitrogen and oxygen atoms in total. The lowest BCUT2D eigenvalue weighted by atomic mass is 10.0. The zero-order valence-corrected chi connectivity index (χ0v) is 17.2. The number of nitrogens with one attached hydrogen (secondary N) is 1. The first-order valence-electron chi connectivity index (χ1n) is 9.16. The summed E-state index contributed by atoms with van der Waals surface area (Å²) in [6.45, 7) is 3.26. The normalized spacial score (nSPS) is 16.5. The number of rotatable bonds is 6.